The predicted octanol–water partition coefficient (Wildman–Crippen LogP) is 0.984. The fraction of sp³-hybridized carbons (Fsp3) is 0.333. The van der Waals surface area contributed by atoms with Crippen molar-refractivity contribution in [2.45, 2.75) is 18.2 Å². The molecule has 0 spiro atoms. The summed E-state index contributed by atoms with van der Waals surface area (Å²) in [6.07, 6.45) is 1.19. The summed E-state index contributed by atoms with van der Waals surface area (Å²) in [5.41, 5.74) is 1.95. The molecule has 0 fully saturated rings. The summed E-state index contributed by atoms with van der Waals surface area (Å²) in [6, 6.07) is 7.59. The number of sulfonamides is 1. The molecule has 75 valence electrons. The van der Waals surface area contributed by atoms with Crippen LogP contribution in [-0.4, -0.2) is 13.8 Å². The van der Waals surface area contributed by atoms with Crippen LogP contribution in [0.25, 0.3) is 0 Å². The van der Waals surface area contributed by atoms with Crippen molar-refractivity contribution in [1.29, 1.82) is 0 Å². The fourth-order valence-electron chi connectivity index (χ4n) is 1.64. The first-order valence-electron chi connectivity index (χ1n) is 4.40. The van der Waals surface area contributed by atoms with E-state index in [0.29, 0.717) is 12.8 Å². The lowest BCUT2D eigenvalue weighted by Gasteiger charge is -2.24. The van der Waals surface area contributed by atoms with E-state index in [1.165, 1.54) is 0 Å². The van der Waals surface area contributed by atoms with Gasteiger partial charge in [-0.1, -0.05) is 18.2 Å². The molecule has 4 nitrogen and oxygen atoms in total. The molecule has 1 radical (unpaired) electrons. The molecule has 1 unspecified atom stereocenters. The van der Waals surface area contributed by atoms with Crippen molar-refractivity contribution in [1.82, 2.24) is 5.14 Å². The van der Waals surface area contributed by atoms with Gasteiger partial charge in [0, 0.05) is 5.69 Å². The van der Waals surface area contributed by atoms with Crippen LogP contribution < -0.4 is 10.5 Å². The van der Waals surface area contributed by atoms with E-state index in [-0.39, 0.29) is 0 Å². The topological polar surface area (TPSA) is 70.0 Å². The van der Waals surface area contributed by atoms with Gasteiger partial charge in [0.05, 0.1) is 0 Å². The number of benzene rings is 1. The van der Waals surface area contributed by atoms with Crippen LogP contribution in [0.15, 0.2) is 24.3 Å². The first kappa shape index (κ1) is 9.48. The van der Waals surface area contributed by atoms with Gasteiger partial charge in [0.2, 0.25) is 10.0 Å². The van der Waals surface area contributed by atoms with Gasteiger partial charge in [-0.2, -0.15) is 0 Å². The molecule has 1 aliphatic rings. The number of aryl methyl sites for hydroxylation is 1. The molecule has 1 aromatic rings. The minimum atomic E-state index is -3.73. The van der Waals surface area contributed by atoms with Gasteiger partial charge in [-0.15, -0.1) is 5.14 Å². The van der Waals surface area contributed by atoms with Crippen LogP contribution in [-0.2, 0) is 16.4 Å². The molecule has 5 heteroatoms. The number of rotatable bonds is 1. The number of para-hydroxylation sites is 1. The van der Waals surface area contributed by atoms with Gasteiger partial charge in [-0.25, -0.2) is 8.42 Å². The Bertz CT molecular complexity index is 442. The minimum absolute atomic E-state index is 0.475. The van der Waals surface area contributed by atoms with Crippen LogP contribution >= 0.6 is 0 Å². The van der Waals surface area contributed by atoms with Crippen LogP contribution in [0.3, 0.4) is 0 Å². The van der Waals surface area contributed by atoms with Crippen molar-refractivity contribution in [3.8, 4) is 0 Å². The molecule has 1 aliphatic heterocycles. The van der Waals surface area contributed by atoms with Gasteiger partial charge in [0.1, 0.15) is 5.37 Å². The number of hydrogen-bond acceptors (Lipinski definition) is 3. The third-order valence-electron chi connectivity index (χ3n) is 2.38. The van der Waals surface area contributed by atoms with Crippen molar-refractivity contribution in [2.24, 2.45) is 0 Å². The lowest BCUT2D eigenvalue weighted by molar-refractivity contribution is 0.577. The molecule has 14 heavy (non-hydrogen) atoms. The van der Waals surface area contributed by atoms with E-state index in [9.17, 15) is 8.42 Å². The van der Waals surface area contributed by atoms with Crippen molar-refractivity contribution in [2.75, 3.05) is 5.32 Å². The van der Waals surface area contributed by atoms with Crippen LogP contribution in [0.2, 0.25) is 0 Å². The zero-order valence-corrected chi connectivity index (χ0v) is 8.34. The van der Waals surface area contributed by atoms with E-state index in [1.807, 2.05) is 24.3 Å². The zero-order valence-electron chi connectivity index (χ0n) is 7.53. The highest BCUT2D eigenvalue weighted by atomic mass is 32.2. The smallest absolute Gasteiger partial charge is 0.246 e. The summed E-state index contributed by atoms with van der Waals surface area (Å²) in [5.74, 6) is 0. The molecule has 0 bridgehead atoms. The molecule has 0 aromatic heterocycles. The largest absolute Gasteiger partial charge is 0.368 e. The molecule has 1 atom stereocenters. The lowest BCUT2D eigenvalue weighted by atomic mass is 10.0. The molecule has 0 saturated carbocycles. The summed E-state index contributed by atoms with van der Waals surface area (Å²) in [6.45, 7) is 0. The first-order valence-corrected chi connectivity index (χ1v) is 5.95. The Labute approximate surface area is 83.2 Å². The molecule has 1 aromatic carbocycles. The highest BCUT2D eigenvalue weighted by Gasteiger charge is 2.26. The summed E-state index contributed by atoms with van der Waals surface area (Å²) < 4.78 is 22.0. The predicted molar refractivity (Wildman–Crippen MR) is 54.2 cm³/mol. The van der Waals surface area contributed by atoms with Crippen molar-refractivity contribution in [3.05, 3.63) is 29.8 Å². The third-order valence-corrected chi connectivity index (χ3v) is 3.49. The van der Waals surface area contributed by atoms with Gasteiger partial charge in [-0.3, -0.25) is 0 Å². The van der Waals surface area contributed by atoms with E-state index in [4.69, 9.17) is 5.14 Å². The van der Waals surface area contributed by atoms with Gasteiger partial charge in [0.25, 0.3) is 0 Å². The van der Waals surface area contributed by atoms with Crippen molar-refractivity contribution >= 4 is 15.7 Å². The van der Waals surface area contributed by atoms with E-state index in [0.717, 1.165) is 11.3 Å². The summed E-state index contributed by atoms with van der Waals surface area (Å²) in [7, 11) is -3.73. The minimum Gasteiger partial charge on any atom is -0.368 e. The maximum atomic E-state index is 11.0. The summed E-state index contributed by atoms with van der Waals surface area (Å²) in [5, 5.41) is 9.09. The highest BCUT2D eigenvalue weighted by Crippen LogP contribution is 2.25. The van der Waals surface area contributed by atoms with E-state index >= 15 is 0 Å². The second-order valence-corrected chi connectivity index (χ2v) is 5.03. The Balaban J connectivity index is 2.30. The van der Waals surface area contributed by atoms with Crippen molar-refractivity contribution < 1.29 is 8.42 Å². The molecule has 0 saturated heterocycles. The normalized spacial score (nSPS) is 21.1. The Morgan fingerprint density at radius 3 is 2.79 bits per heavy atom. The highest BCUT2D eigenvalue weighted by molar-refractivity contribution is 7.89. The van der Waals surface area contributed by atoms with Crippen LogP contribution in [0.5, 0.6) is 0 Å². The first-order chi connectivity index (χ1) is 6.57. The lowest BCUT2D eigenvalue weighted by Crippen LogP contribution is -2.33. The number of anilines is 1. The zero-order chi connectivity index (χ0) is 10.2. The maximum absolute atomic E-state index is 11.0. The Kier molecular flexibility index (Phi) is 2.20. The molecule has 1 heterocycles. The van der Waals surface area contributed by atoms with Crippen molar-refractivity contribution in [3.63, 3.8) is 0 Å². The standard InChI is InChI=1S/C9H11N2O2S/c10-14(12,13)9-6-5-7-3-1-2-4-8(7)11-9/h1-4,9-11H,5-6H2. The molecule has 0 aliphatic carbocycles. The van der Waals surface area contributed by atoms with Gasteiger partial charge in [0.15, 0.2) is 0 Å². The molecular formula is C9H11N2O2S. The Morgan fingerprint density at radius 2 is 2.07 bits per heavy atom. The molecule has 2 N–H and O–H groups in total. The van der Waals surface area contributed by atoms with Gasteiger partial charge < -0.3 is 5.32 Å². The van der Waals surface area contributed by atoms with E-state index in [1.54, 1.807) is 0 Å². The summed E-state index contributed by atoms with van der Waals surface area (Å²) >= 11 is 0. The summed E-state index contributed by atoms with van der Waals surface area (Å²) in [4.78, 5) is 0. The Morgan fingerprint density at radius 1 is 1.36 bits per heavy atom. The molecule has 0 amide bonds. The second kappa shape index (κ2) is 3.25. The monoisotopic (exact) mass is 211 g/mol. The van der Waals surface area contributed by atoms with E-state index in [2.05, 4.69) is 5.32 Å². The number of hydrogen-bond donors (Lipinski definition) is 1. The average molecular weight is 211 g/mol. The van der Waals surface area contributed by atoms with E-state index < -0.39 is 15.4 Å². The second-order valence-electron chi connectivity index (χ2n) is 3.37. The van der Waals surface area contributed by atoms with Crippen LogP contribution in [0, 0.1) is 0 Å². The number of fused-ring (bicyclic) bond motifs is 1. The SMILES string of the molecule is [NH]S(=O)(=O)C1CCc2ccccc2N1. The third kappa shape index (κ3) is 1.73. The Hall–Kier alpha value is -1.07. The fourth-order valence-corrected chi connectivity index (χ4v) is 2.35. The molecular weight excluding hydrogens is 200 g/mol. The van der Waals surface area contributed by atoms with Crippen LogP contribution in [0.1, 0.15) is 12.0 Å². The average Bonchev–Trinajstić information content (AvgIpc) is 2.16. The maximum Gasteiger partial charge on any atom is 0.246 e. The van der Waals surface area contributed by atoms with Gasteiger partial charge >= 0.3 is 0 Å². The van der Waals surface area contributed by atoms with Gasteiger partial charge in [-0.05, 0) is 24.5 Å². The number of nitrogens with one attached hydrogen (secondary N) is 2. The quantitative estimate of drug-likeness (QED) is 0.752. The molecule has 2 rings (SSSR count). The van der Waals surface area contributed by atoms with Crippen LogP contribution in [0.4, 0.5) is 5.69 Å².